The van der Waals surface area contributed by atoms with E-state index in [1.807, 2.05) is 24.3 Å². The maximum atomic E-state index is 11.5. The molecule has 0 saturated heterocycles. The smallest absolute Gasteiger partial charge is 0.307 e. The fourth-order valence-corrected chi connectivity index (χ4v) is 2.92. The molecule has 0 spiro atoms. The predicted octanol–water partition coefficient (Wildman–Crippen LogP) is 4.23. The van der Waals surface area contributed by atoms with Crippen LogP contribution in [0.1, 0.15) is 51.0 Å². The van der Waals surface area contributed by atoms with Crippen LogP contribution in [0.25, 0.3) is 0 Å². The van der Waals surface area contributed by atoms with Crippen molar-refractivity contribution in [3.8, 4) is 17.6 Å². The Bertz CT molecular complexity index is 617. The van der Waals surface area contributed by atoms with Gasteiger partial charge in [-0.05, 0) is 56.4 Å². The number of hydrogen-bond acceptors (Lipinski definition) is 3. The van der Waals surface area contributed by atoms with Crippen molar-refractivity contribution in [2.75, 3.05) is 7.11 Å². The van der Waals surface area contributed by atoms with Gasteiger partial charge in [0.25, 0.3) is 0 Å². The van der Waals surface area contributed by atoms with Gasteiger partial charge < -0.3 is 9.47 Å². The summed E-state index contributed by atoms with van der Waals surface area (Å²) in [5.41, 5.74) is 2.39. The normalized spacial score (nSPS) is 19.8. The fraction of sp³-hybridized carbons (Fsp3) is 0.450. The summed E-state index contributed by atoms with van der Waals surface area (Å²) in [5, 5.41) is 0. The predicted molar refractivity (Wildman–Crippen MR) is 91.3 cm³/mol. The van der Waals surface area contributed by atoms with Gasteiger partial charge in [-0.15, -0.1) is 5.92 Å². The van der Waals surface area contributed by atoms with E-state index in [9.17, 15) is 4.79 Å². The van der Waals surface area contributed by atoms with Crippen LogP contribution in [-0.4, -0.2) is 19.2 Å². The molecule has 0 N–H and O–H groups in total. The Morgan fingerprint density at radius 2 is 2.13 bits per heavy atom. The highest BCUT2D eigenvalue weighted by Crippen LogP contribution is 2.30. The number of carbonyl (C=O) groups excluding carboxylic acids is 1. The Morgan fingerprint density at radius 1 is 1.39 bits per heavy atom. The second-order valence-electron chi connectivity index (χ2n) is 5.66. The van der Waals surface area contributed by atoms with Crippen molar-refractivity contribution in [2.45, 2.75) is 51.6 Å². The first-order valence-electron chi connectivity index (χ1n) is 8.08. The number of allylic oxidation sites excluding steroid dienone is 1. The zero-order valence-corrected chi connectivity index (χ0v) is 14.1. The minimum atomic E-state index is -0.248. The van der Waals surface area contributed by atoms with Crippen LogP contribution in [0.5, 0.6) is 5.75 Å². The van der Waals surface area contributed by atoms with Crippen molar-refractivity contribution in [3.63, 3.8) is 0 Å². The molecule has 0 aromatic heterocycles. The van der Waals surface area contributed by atoms with Crippen molar-refractivity contribution in [2.24, 2.45) is 0 Å². The summed E-state index contributed by atoms with van der Waals surface area (Å²) < 4.78 is 10.8. The van der Waals surface area contributed by atoms with Crippen LogP contribution < -0.4 is 4.74 Å². The molecule has 0 radical (unpaired) electrons. The number of ether oxygens (including phenoxy) is 2. The number of esters is 1. The minimum Gasteiger partial charge on any atom is -0.486 e. The largest absolute Gasteiger partial charge is 0.486 e. The highest BCUT2D eigenvalue weighted by atomic mass is 16.5. The van der Waals surface area contributed by atoms with E-state index in [4.69, 9.17) is 9.47 Å². The second kappa shape index (κ2) is 8.43. The molecule has 0 aliphatic heterocycles. The molecule has 1 aromatic rings. The van der Waals surface area contributed by atoms with Crippen LogP contribution in [0.3, 0.4) is 0 Å². The number of hydrogen-bond donors (Lipinski definition) is 0. The molecule has 122 valence electrons. The molecular formula is C20H24O3. The van der Waals surface area contributed by atoms with Gasteiger partial charge in [-0.3, -0.25) is 4.79 Å². The Morgan fingerprint density at radius 3 is 2.74 bits per heavy atom. The maximum Gasteiger partial charge on any atom is 0.307 e. The van der Waals surface area contributed by atoms with Gasteiger partial charge in [-0.25, -0.2) is 0 Å². The molecule has 2 unspecified atom stereocenters. The third kappa shape index (κ3) is 4.63. The SMILES string of the molecule is CC#CC(CC(=O)OC)c1ccc(OC2CCC/C2=C\C)cc1. The first kappa shape index (κ1) is 17.1. The van der Waals surface area contributed by atoms with Crippen LogP contribution in [0.2, 0.25) is 0 Å². The van der Waals surface area contributed by atoms with Gasteiger partial charge in [0.2, 0.25) is 0 Å². The van der Waals surface area contributed by atoms with E-state index in [1.54, 1.807) is 6.92 Å². The van der Waals surface area contributed by atoms with Crippen molar-refractivity contribution < 1.29 is 14.3 Å². The maximum absolute atomic E-state index is 11.5. The van der Waals surface area contributed by atoms with Crippen LogP contribution in [0, 0.1) is 11.8 Å². The zero-order chi connectivity index (χ0) is 16.7. The van der Waals surface area contributed by atoms with Crippen LogP contribution in [0.15, 0.2) is 35.9 Å². The lowest BCUT2D eigenvalue weighted by molar-refractivity contribution is -0.140. The molecule has 0 bridgehead atoms. The number of carbonyl (C=O) groups is 1. The summed E-state index contributed by atoms with van der Waals surface area (Å²) in [5.74, 6) is 6.43. The lowest BCUT2D eigenvalue weighted by Gasteiger charge is -2.16. The van der Waals surface area contributed by atoms with E-state index >= 15 is 0 Å². The Balaban J connectivity index is 2.07. The monoisotopic (exact) mass is 312 g/mol. The van der Waals surface area contributed by atoms with E-state index in [0.29, 0.717) is 0 Å². The molecule has 3 nitrogen and oxygen atoms in total. The number of rotatable bonds is 5. The molecule has 1 aliphatic carbocycles. The summed E-state index contributed by atoms with van der Waals surface area (Å²) in [4.78, 5) is 11.5. The summed E-state index contributed by atoms with van der Waals surface area (Å²) in [6.07, 6.45) is 6.03. The highest BCUT2D eigenvalue weighted by molar-refractivity contribution is 5.71. The topological polar surface area (TPSA) is 35.5 Å². The van der Waals surface area contributed by atoms with Gasteiger partial charge in [-0.1, -0.05) is 24.1 Å². The summed E-state index contributed by atoms with van der Waals surface area (Å²) >= 11 is 0. The highest BCUT2D eigenvalue weighted by Gasteiger charge is 2.22. The van der Waals surface area contributed by atoms with E-state index < -0.39 is 0 Å². The average Bonchev–Trinajstić information content (AvgIpc) is 3.02. The van der Waals surface area contributed by atoms with Crippen molar-refractivity contribution >= 4 is 5.97 Å². The Labute approximate surface area is 138 Å². The molecule has 0 heterocycles. The Kier molecular flexibility index (Phi) is 6.29. The first-order valence-corrected chi connectivity index (χ1v) is 8.08. The standard InChI is InChI=1S/C20H24O3/c1-4-7-17(14-20(21)22-3)16-10-12-18(13-11-16)23-19-9-6-8-15(19)5-2/h5,10-13,17,19H,6,8-9,14H2,1-3H3/b15-5+. The van der Waals surface area contributed by atoms with Gasteiger partial charge in [-0.2, -0.15) is 0 Å². The lowest BCUT2D eigenvalue weighted by atomic mass is 9.96. The number of methoxy groups -OCH3 is 1. The number of benzene rings is 1. The van der Waals surface area contributed by atoms with Crippen LogP contribution in [0.4, 0.5) is 0 Å². The van der Waals surface area contributed by atoms with Crippen molar-refractivity contribution in [1.82, 2.24) is 0 Å². The van der Waals surface area contributed by atoms with E-state index in [2.05, 4.69) is 24.8 Å². The molecule has 2 atom stereocenters. The second-order valence-corrected chi connectivity index (χ2v) is 5.66. The summed E-state index contributed by atoms with van der Waals surface area (Å²) in [7, 11) is 1.40. The van der Waals surface area contributed by atoms with Crippen LogP contribution >= 0.6 is 0 Å². The minimum absolute atomic E-state index is 0.140. The summed E-state index contributed by atoms with van der Waals surface area (Å²) in [6, 6.07) is 7.89. The molecule has 3 heteroatoms. The van der Waals surface area contributed by atoms with Gasteiger partial charge in [0.05, 0.1) is 19.4 Å². The molecule has 1 saturated carbocycles. The van der Waals surface area contributed by atoms with Gasteiger partial charge in [0, 0.05) is 0 Å². The van der Waals surface area contributed by atoms with Crippen LogP contribution in [-0.2, 0) is 9.53 Å². The Hall–Kier alpha value is -2.21. The fourth-order valence-electron chi connectivity index (χ4n) is 2.92. The molecule has 2 rings (SSSR count). The van der Waals surface area contributed by atoms with Crippen molar-refractivity contribution in [1.29, 1.82) is 0 Å². The quantitative estimate of drug-likeness (QED) is 0.463. The lowest BCUT2D eigenvalue weighted by Crippen LogP contribution is -2.13. The average molecular weight is 312 g/mol. The molecule has 1 aromatic carbocycles. The van der Waals surface area contributed by atoms with E-state index in [-0.39, 0.29) is 24.4 Å². The zero-order valence-electron chi connectivity index (χ0n) is 14.1. The van der Waals surface area contributed by atoms with Crippen molar-refractivity contribution in [3.05, 3.63) is 41.5 Å². The molecular weight excluding hydrogens is 288 g/mol. The van der Waals surface area contributed by atoms with Gasteiger partial charge in [0.1, 0.15) is 11.9 Å². The van der Waals surface area contributed by atoms with E-state index in [0.717, 1.165) is 24.2 Å². The van der Waals surface area contributed by atoms with Gasteiger partial charge in [0.15, 0.2) is 0 Å². The summed E-state index contributed by atoms with van der Waals surface area (Å²) in [6.45, 7) is 3.85. The molecule has 0 amide bonds. The third-order valence-corrected chi connectivity index (χ3v) is 4.19. The van der Waals surface area contributed by atoms with Gasteiger partial charge >= 0.3 is 5.97 Å². The third-order valence-electron chi connectivity index (χ3n) is 4.19. The molecule has 1 aliphatic rings. The molecule has 1 fully saturated rings. The molecule has 23 heavy (non-hydrogen) atoms. The first-order chi connectivity index (χ1) is 11.2. The van der Waals surface area contributed by atoms with E-state index in [1.165, 1.54) is 19.1 Å².